The maximum absolute atomic E-state index is 13.8. The van der Waals surface area contributed by atoms with Gasteiger partial charge < -0.3 is 10.2 Å². The maximum Gasteiger partial charge on any atom is 0.250 e. The molecule has 1 aliphatic rings. The highest BCUT2D eigenvalue weighted by atomic mass is 16.2. The fraction of sp³-hybridized carbons (Fsp3) is 0.407. The van der Waals surface area contributed by atoms with E-state index >= 15 is 0 Å². The first-order chi connectivity index (χ1) is 16.2. The van der Waals surface area contributed by atoms with Gasteiger partial charge in [0.2, 0.25) is 12.3 Å². The Balaban J connectivity index is 1.93. The van der Waals surface area contributed by atoms with Crippen molar-refractivity contribution in [2.75, 3.05) is 11.9 Å². The van der Waals surface area contributed by atoms with Crippen LogP contribution in [0.4, 0.5) is 5.69 Å². The number of carbonyl (C=O) groups excluding carboxylic acids is 4. The summed E-state index contributed by atoms with van der Waals surface area (Å²) >= 11 is 0. The molecule has 34 heavy (non-hydrogen) atoms. The van der Waals surface area contributed by atoms with Crippen molar-refractivity contribution in [3.63, 3.8) is 0 Å². The Morgan fingerprint density at radius 2 is 1.76 bits per heavy atom. The number of hydrogen-bond acceptors (Lipinski definition) is 4. The lowest BCUT2D eigenvalue weighted by atomic mass is 9.91. The standard InChI is InChI=1S/C27H33N3O4/c1-18(2)14-24(19(3)32)30-23-13-9-8-12-21(23)16-25(27(30)34)29(4)26(33)22(28-17-31)15-20-10-6-5-7-11-20/h5-13,17-18,22,24-25H,14-16H2,1-4H3,(H,28,31)/t22-,24-,25-/m0/s1. The van der Waals surface area contributed by atoms with Crippen LogP contribution in [0.1, 0.15) is 38.3 Å². The molecule has 1 aliphatic heterocycles. The highest BCUT2D eigenvalue weighted by Crippen LogP contribution is 2.33. The molecule has 3 atom stereocenters. The molecule has 0 spiro atoms. The highest BCUT2D eigenvalue weighted by molar-refractivity contribution is 6.07. The maximum atomic E-state index is 13.8. The molecule has 1 N–H and O–H groups in total. The third kappa shape index (κ3) is 5.53. The Hall–Kier alpha value is -3.48. The van der Waals surface area contributed by atoms with E-state index in [1.54, 1.807) is 11.9 Å². The molecule has 1 heterocycles. The van der Waals surface area contributed by atoms with E-state index < -0.39 is 18.1 Å². The number of benzene rings is 2. The molecule has 7 heteroatoms. The van der Waals surface area contributed by atoms with Gasteiger partial charge in [0.25, 0.3) is 5.91 Å². The van der Waals surface area contributed by atoms with Crippen LogP contribution < -0.4 is 10.2 Å². The molecule has 0 aromatic heterocycles. The fourth-order valence-corrected chi connectivity index (χ4v) is 4.57. The topological polar surface area (TPSA) is 86.8 Å². The van der Waals surface area contributed by atoms with Crippen molar-refractivity contribution < 1.29 is 19.2 Å². The van der Waals surface area contributed by atoms with Crippen LogP contribution in [0.15, 0.2) is 54.6 Å². The highest BCUT2D eigenvalue weighted by Gasteiger charge is 2.42. The van der Waals surface area contributed by atoms with Gasteiger partial charge in [-0.1, -0.05) is 62.4 Å². The molecule has 180 valence electrons. The van der Waals surface area contributed by atoms with Crippen molar-refractivity contribution in [2.45, 2.75) is 58.2 Å². The molecule has 2 aromatic rings. The molecule has 0 radical (unpaired) electrons. The molecule has 0 aliphatic carbocycles. The van der Waals surface area contributed by atoms with Gasteiger partial charge in [0.1, 0.15) is 12.1 Å². The molecule has 0 unspecified atom stereocenters. The molecular formula is C27H33N3O4. The normalized spacial score (nSPS) is 17.0. The number of hydrogen-bond donors (Lipinski definition) is 1. The second-order valence-corrected chi connectivity index (χ2v) is 9.29. The van der Waals surface area contributed by atoms with Crippen molar-refractivity contribution in [3.8, 4) is 0 Å². The van der Waals surface area contributed by atoms with E-state index in [0.717, 1.165) is 16.8 Å². The summed E-state index contributed by atoms with van der Waals surface area (Å²) < 4.78 is 0. The number of carbonyl (C=O) groups is 4. The molecule has 2 aromatic carbocycles. The first-order valence-electron chi connectivity index (χ1n) is 11.7. The quantitative estimate of drug-likeness (QED) is 0.549. The van der Waals surface area contributed by atoms with Crippen LogP contribution in [0.5, 0.6) is 0 Å². The van der Waals surface area contributed by atoms with Crippen molar-refractivity contribution in [2.24, 2.45) is 5.92 Å². The number of rotatable bonds is 10. The van der Waals surface area contributed by atoms with Gasteiger partial charge in [-0.3, -0.25) is 24.1 Å². The first-order valence-corrected chi connectivity index (χ1v) is 11.7. The zero-order valence-corrected chi connectivity index (χ0v) is 20.2. The van der Waals surface area contributed by atoms with E-state index in [1.807, 2.05) is 68.4 Å². The van der Waals surface area contributed by atoms with Gasteiger partial charge in [-0.05, 0) is 36.5 Å². The number of fused-ring (bicyclic) bond motifs is 1. The summed E-state index contributed by atoms with van der Waals surface area (Å²) in [6.07, 6.45) is 1.70. The minimum atomic E-state index is -0.803. The van der Waals surface area contributed by atoms with Crippen LogP contribution in [0, 0.1) is 5.92 Å². The average Bonchev–Trinajstić information content (AvgIpc) is 2.82. The van der Waals surface area contributed by atoms with Gasteiger partial charge in [-0.25, -0.2) is 0 Å². The van der Waals surface area contributed by atoms with Crippen LogP contribution in [0.2, 0.25) is 0 Å². The van der Waals surface area contributed by atoms with E-state index in [2.05, 4.69) is 5.32 Å². The Labute approximate surface area is 201 Å². The predicted octanol–water partition coefficient (Wildman–Crippen LogP) is 2.76. The Morgan fingerprint density at radius 3 is 2.38 bits per heavy atom. The second kappa shape index (κ2) is 11.1. The van der Waals surface area contributed by atoms with E-state index in [0.29, 0.717) is 25.7 Å². The monoisotopic (exact) mass is 463 g/mol. The Morgan fingerprint density at radius 1 is 1.12 bits per heavy atom. The lowest BCUT2D eigenvalue weighted by Crippen LogP contribution is -2.60. The number of anilines is 1. The third-order valence-electron chi connectivity index (χ3n) is 6.33. The van der Waals surface area contributed by atoms with Gasteiger partial charge >= 0.3 is 0 Å². The van der Waals surface area contributed by atoms with Crippen molar-refractivity contribution in [1.82, 2.24) is 10.2 Å². The zero-order valence-electron chi connectivity index (χ0n) is 20.2. The van der Waals surface area contributed by atoms with Crippen LogP contribution in [0.3, 0.4) is 0 Å². The number of Topliss-reactive ketones (excluding diaryl/α,β-unsaturated/α-hetero) is 1. The molecule has 0 saturated carbocycles. The van der Waals surface area contributed by atoms with Gasteiger partial charge in [-0.2, -0.15) is 0 Å². The van der Waals surface area contributed by atoms with Gasteiger partial charge in [-0.15, -0.1) is 0 Å². The van der Waals surface area contributed by atoms with Gasteiger partial charge in [0, 0.05) is 25.6 Å². The van der Waals surface area contributed by atoms with Crippen molar-refractivity contribution in [1.29, 1.82) is 0 Å². The predicted molar refractivity (Wildman–Crippen MR) is 131 cm³/mol. The summed E-state index contributed by atoms with van der Waals surface area (Å²) in [5, 5.41) is 2.61. The van der Waals surface area contributed by atoms with E-state index in [-0.39, 0.29) is 23.5 Å². The number of ketones is 1. The van der Waals surface area contributed by atoms with Crippen LogP contribution in [-0.4, -0.2) is 54.1 Å². The summed E-state index contributed by atoms with van der Waals surface area (Å²) in [6.45, 7) is 5.54. The number of amides is 3. The van der Waals surface area contributed by atoms with Crippen LogP contribution in [-0.2, 0) is 32.0 Å². The summed E-state index contributed by atoms with van der Waals surface area (Å²) in [7, 11) is 1.59. The lowest BCUT2D eigenvalue weighted by Gasteiger charge is -2.42. The largest absolute Gasteiger partial charge is 0.347 e. The summed E-state index contributed by atoms with van der Waals surface area (Å²) in [5.41, 5.74) is 2.53. The Bertz CT molecular complexity index is 1040. The number of nitrogens with one attached hydrogen (secondary N) is 1. The van der Waals surface area contributed by atoms with Crippen LogP contribution in [0.25, 0.3) is 0 Å². The molecule has 3 amide bonds. The van der Waals surface area contributed by atoms with Crippen LogP contribution >= 0.6 is 0 Å². The first kappa shape index (κ1) is 25.1. The summed E-state index contributed by atoms with van der Waals surface area (Å²) in [5.74, 6) is -0.506. The van der Waals surface area contributed by atoms with Gasteiger partial charge in [0.05, 0.1) is 6.04 Å². The lowest BCUT2D eigenvalue weighted by molar-refractivity contribution is -0.140. The van der Waals surface area contributed by atoms with E-state index in [1.165, 1.54) is 11.8 Å². The SMILES string of the molecule is CC(=O)[C@H](CC(C)C)N1C(=O)[C@@H](N(C)C(=O)[C@H](Cc2ccccc2)NC=O)Cc2ccccc21. The number of nitrogens with zero attached hydrogens (tertiary/aromatic N) is 2. The minimum Gasteiger partial charge on any atom is -0.347 e. The third-order valence-corrected chi connectivity index (χ3v) is 6.33. The fourth-order valence-electron chi connectivity index (χ4n) is 4.57. The van der Waals surface area contributed by atoms with Crippen molar-refractivity contribution in [3.05, 3.63) is 65.7 Å². The number of likely N-dealkylation sites (N-methyl/N-ethyl adjacent to an activating group) is 1. The molecule has 7 nitrogen and oxygen atoms in total. The molecule has 3 rings (SSSR count). The van der Waals surface area contributed by atoms with E-state index in [9.17, 15) is 19.2 Å². The van der Waals surface area contributed by atoms with E-state index in [4.69, 9.17) is 0 Å². The Kier molecular flexibility index (Phi) is 8.21. The summed E-state index contributed by atoms with van der Waals surface area (Å²) in [4.78, 5) is 54.1. The summed E-state index contributed by atoms with van der Waals surface area (Å²) in [6, 6.07) is 14.8. The van der Waals surface area contributed by atoms with Gasteiger partial charge in [0.15, 0.2) is 5.78 Å². The van der Waals surface area contributed by atoms with Crippen molar-refractivity contribution >= 4 is 29.7 Å². The smallest absolute Gasteiger partial charge is 0.250 e. The zero-order chi connectivity index (χ0) is 24.8. The second-order valence-electron chi connectivity index (χ2n) is 9.29. The molecule has 0 fully saturated rings. The molecule has 0 saturated heterocycles. The molecular weight excluding hydrogens is 430 g/mol. The number of para-hydroxylation sites is 1. The minimum absolute atomic E-state index is 0.0870. The molecule has 0 bridgehead atoms. The average molecular weight is 464 g/mol.